The Kier molecular flexibility index (Phi) is 5.83. The Morgan fingerprint density at radius 3 is 2.93 bits per heavy atom. The Balaban J connectivity index is 2.18. The van der Waals surface area contributed by atoms with Crippen LogP contribution in [0.2, 0.25) is 0 Å². The second-order valence-corrected chi connectivity index (χ2v) is 4.01. The molecule has 0 bridgehead atoms. The van der Waals surface area contributed by atoms with Crippen LogP contribution in [-0.4, -0.2) is 26.8 Å². The third kappa shape index (κ3) is 4.74. The van der Waals surface area contributed by atoms with Crippen LogP contribution in [0.1, 0.15) is 5.56 Å². The Morgan fingerprint density at radius 1 is 1.36 bits per heavy atom. The van der Waals surface area contributed by atoms with Crippen LogP contribution in [-0.2, 0) is 11.2 Å². The lowest BCUT2D eigenvalue weighted by Crippen LogP contribution is -2.15. The molecule has 0 spiro atoms. The SMILES string of the molecule is CNCCOCCc1cccc(Br)c1. The van der Waals surface area contributed by atoms with Crippen LogP contribution >= 0.6 is 15.9 Å². The number of rotatable bonds is 6. The molecular weight excluding hydrogens is 242 g/mol. The highest BCUT2D eigenvalue weighted by Crippen LogP contribution is 2.11. The maximum absolute atomic E-state index is 5.44. The Morgan fingerprint density at radius 2 is 2.21 bits per heavy atom. The molecule has 0 aliphatic heterocycles. The summed E-state index contributed by atoms with van der Waals surface area (Å²) < 4.78 is 6.57. The lowest BCUT2D eigenvalue weighted by Gasteiger charge is -2.04. The van der Waals surface area contributed by atoms with Gasteiger partial charge in [-0.05, 0) is 31.2 Å². The molecular formula is C11H16BrNO. The summed E-state index contributed by atoms with van der Waals surface area (Å²) in [5.41, 5.74) is 1.31. The number of halogens is 1. The van der Waals surface area contributed by atoms with E-state index in [9.17, 15) is 0 Å². The molecule has 0 amide bonds. The van der Waals surface area contributed by atoms with Crippen molar-refractivity contribution >= 4 is 15.9 Å². The van der Waals surface area contributed by atoms with Gasteiger partial charge in [-0.3, -0.25) is 0 Å². The topological polar surface area (TPSA) is 21.3 Å². The van der Waals surface area contributed by atoms with E-state index in [0.717, 1.165) is 30.7 Å². The van der Waals surface area contributed by atoms with E-state index in [0.29, 0.717) is 0 Å². The van der Waals surface area contributed by atoms with Crippen LogP contribution in [0.3, 0.4) is 0 Å². The Hall–Kier alpha value is -0.380. The molecule has 1 rings (SSSR count). The third-order valence-corrected chi connectivity index (χ3v) is 2.41. The molecule has 0 saturated heterocycles. The molecule has 0 aliphatic carbocycles. The number of hydrogen-bond donors (Lipinski definition) is 1. The zero-order valence-corrected chi connectivity index (χ0v) is 10.0. The largest absolute Gasteiger partial charge is 0.380 e. The maximum Gasteiger partial charge on any atom is 0.0590 e. The summed E-state index contributed by atoms with van der Waals surface area (Å²) in [5, 5.41) is 3.04. The van der Waals surface area contributed by atoms with Gasteiger partial charge < -0.3 is 10.1 Å². The van der Waals surface area contributed by atoms with Crippen LogP contribution in [0.4, 0.5) is 0 Å². The van der Waals surface area contributed by atoms with Gasteiger partial charge in [0.15, 0.2) is 0 Å². The van der Waals surface area contributed by atoms with Crippen molar-refractivity contribution < 1.29 is 4.74 Å². The summed E-state index contributed by atoms with van der Waals surface area (Å²) in [4.78, 5) is 0. The minimum atomic E-state index is 0.782. The molecule has 0 heterocycles. The van der Waals surface area contributed by atoms with E-state index in [1.165, 1.54) is 5.56 Å². The standard InChI is InChI=1S/C11H16BrNO/c1-13-6-8-14-7-5-10-3-2-4-11(12)9-10/h2-4,9,13H,5-8H2,1H3. The molecule has 2 nitrogen and oxygen atoms in total. The van der Waals surface area contributed by atoms with E-state index in [4.69, 9.17) is 4.74 Å². The summed E-state index contributed by atoms with van der Waals surface area (Å²) >= 11 is 3.45. The van der Waals surface area contributed by atoms with Crippen molar-refractivity contribution in [2.45, 2.75) is 6.42 Å². The van der Waals surface area contributed by atoms with Gasteiger partial charge in [-0.25, -0.2) is 0 Å². The average molecular weight is 258 g/mol. The number of hydrogen-bond acceptors (Lipinski definition) is 2. The van der Waals surface area contributed by atoms with Gasteiger partial charge in [-0.1, -0.05) is 28.1 Å². The molecule has 1 aromatic rings. The molecule has 14 heavy (non-hydrogen) atoms. The second kappa shape index (κ2) is 6.98. The zero-order chi connectivity index (χ0) is 10.2. The monoisotopic (exact) mass is 257 g/mol. The van der Waals surface area contributed by atoms with Gasteiger partial charge in [0.05, 0.1) is 13.2 Å². The maximum atomic E-state index is 5.44. The highest BCUT2D eigenvalue weighted by atomic mass is 79.9. The van der Waals surface area contributed by atoms with Crippen molar-refractivity contribution in [3.63, 3.8) is 0 Å². The first kappa shape index (κ1) is 11.7. The molecule has 78 valence electrons. The van der Waals surface area contributed by atoms with Crippen molar-refractivity contribution in [1.29, 1.82) is 0 Å². The molecule has 0 fully saturated rings. The van der Waals surface area contributed by atoms with Crippen LogP contribution in [0.25, 0.3) is 0 Å². The summed E-state index contributed by atoms with van der Waals surface area (Å²) in [6.45, 7) is 2.49. The first-order valence-electron chi connectivity index (χ1n) is 4.79. The zero-order valence-electron chi connectivity index (χ0n) is 8.42. The van der Waals surface area contributed by atoms with Crippen molar-refractivity contribution in [1.82, 2.24) is 5.32 Å². The second-order valence-electron chi connectivity index (χ2n) is 3.10. The molecule has 0 saturated carbocycles. The fourth-order valence-corrected chi connectivity index (χ4v) is 1.61. The fraction of sp³-hybridized carbons (Fsp3) is 0.455. The highest BCUT2D eigenvalue weighted by molar-refractivity contribution is 9.10. The van der Waals surface area contributed by atoms with Crippen LogP contribution in [0.5, 0.6) is 0 Å². The molecule has 1 N–H and O–H groups in total. The number of ether oxygens (including phenoxy) is 1. The van der Waals surface area contributed by atoms with Gasteiger partial charge in [0.1, 0.15) is 0 Å². The average Bonchev–Trinajstić information content (AvgIpc) is 2.18. The minimum Gasteiger partial charge on any atom is -0.380 e. The van der Waals surface area contributed by atoms with Gasteiger partial charge in [0, 0.05) is 11.0 Å². The van der Waals surface area contributed by atoms with Gasteiger partial charge in [0.25, 0.3) is 0 Å². The van der Waals surface area contributed by atoms with Crippen LogP contribution < -0.4 is 5.32 Å². The highest BCUT2D eigenvalue weighted by Gasteiger charge is 1.94. The van der Waals surface area contributed by atoms with E-state index in [1.807, 2.05) is 19.2 Å². The first-order chi connectivity index (χ1) is 6.83. The summed E-state index contributed by atoms with van der Waals surface area (Å²) in [5.74, 6) is 0. The van der Waals surface area contributed by atoms with Gasteiger partial charge >= 0.3 is 0 Å². The normalized spacial score (nSPS) is 10.4. The van der Waals surface area contributed by atoms with Crippen LogP contribution in [0.15, 0.2) is 28.7 Å². The predicted molar refractivity (Wildman–Crippen MR) is 62.6 cm³/mol. The number of benzene rings is 1. The van der Waals surface area contributed by atoms with Crippen LogP contribution in [0, 0.1) is 0 Å². The summed E-state index contributed by atoms with van der Waals surface area (Å²) in [7, 11) is 1.93. The molecule has 3 heteroatoms. The quantitative estimate of drug-likeness (QED) is 0.790. The summed E-state index contributed by atoms with van der Waals surface area (Å²) in [6, 6.07) is 8.33. The Labute approximate surface area is 93.8 Å². The van der Waals surface area contributed by atoms with Crippen molar-refractivity contribution in [3.8, 4) is 0 Å². The summed E-state index contributed by atoms with van der Waals surface area (Å²) in [6.07, 6.45) is 0.975. The predicted octanol–water partition coefficient (Wildman–Crippen LogP) is 2.23. The molecule has 1 aromatic carbocycles. The molecule has 0 radical (unpaired) electrons. The molecule has 0 unspecified atom stereocenters. The number of likely N-dealkylation sites (N-methyl/N-ethyl adjacent to an activating group) is 1. The lowest BCUT2D eigenvalue weighted by atomic mass is 10.2. The van der Waals surface area contributed by atoms with Gasteiger partial charge in [0.2, 0.25) is 0 Å². The van der Waals surface area contributed by atoms with E-state index in [2.05, 4.69) is 33.4 Å². The fourth-order valence-electron chi connectivity index (χ4n) is 1.16. The van der Waals surface area contributed by atoms with Gasteiger partial charge in [-0.15, -0.1) is 0 Å². The minimum absolute atomic E-state index is 0.782. The lowest BCUT2D eigenvalue weighted by molar-refractivity contribution is 0.140. The third-order valence-electron chi connectivity index (χ3n) is 1.92. The Bertz CT molecular complexity index is 265. The van der Waals surface area contributed by atoms with E-state index >= 15 is 0 Å². The van der Waals surface area contributed by atoms with E-state index in [1.54, 1.807) is 0 Å². The van der Waals surface area contributed by atoms with Crippen molar-refractivity contribution in [2.75, 3.05) is 26.8 Å². The van der Waals surface area contributed by atoms with E-state index in [-0.39, 0.29) is 0 Å². The van der Waals surface area contributed by atoms with E-state index < -0.39 is 0 Å². The molecule has 0 aromatic heterocycles. The first-order valence-corrected chi connectivity index (χ1v) is 5.59. The van der Waals surface area contributed by atoms with Crippen molar-refractivity contribution in [3.05, 3.63) is 34.3 Å². The number of nitrogens with one attached hydrogen (secondary N) is 1. The van der Waals surface area contributed by atoms with Crippen molar-refractivity contribution in [2.24, 2.45) is 0 Å². The molecule has 0 atom stereocenters. The van der Waals surface area contributed by atoms with Gasteiger partial charge in [-0.2, -0.15) is 0 Å². The smallest absolute Gasteiger partial charge is 0.0590 e. The molecule has 0 aliphatic rings.